The number of anilines is 2. The van der Waals surface area contributed by atoms with Crippen LogP contribution >= 0.6 is 0 Å². The van der Waals surface area contributed by atoms with Crippen molar-refractivity contribution in [2.75, 3.05) is 19.5 Å². The molecule has 6 nitrogen and oxygen atoms in total. The maximum Gasteiger partial charge on any atom is 0.162 e. The predicted molar refractivity (Wildman–Crippen MR) is 91.0 cm³/mol. The molecule has 0 aliphatic carbocycles. The van der Waals surface area contributed by atoms with Gasteiger partial charge in [0.05, 0.1) is 31.0 Å². The van der Waals surface area contributed by atoms with Gasteiger partial charge in [0.1, 0.15) is 11.8 Å². The second kappa shape index (κ2) is 6.34. The predicted octanol–water partition coefficient (Wildman–Crippen LogP) is 3.57. The van der Waals surface area contributed by atoms with Crippen molar-refractivity contribution in [1.82, 2.24) is 4.98 Å². The highest BCUT2D eigenvalue weighted by Crippen LogP contribution is 2.36. The highest BCUT2D eigenvalue weighted by Gasteiger charge is 2.13. The number of phenolic OH excluding ortho intramolecular Hbond substituents is 1. The van der Waals surface area contributed by atoms with Crippen LogP contribution in [0, 0.1) is 11.3 Å². The van der Waals surface area contributed by atoms with Crippen molar-refractivity contribution in [3.63, 3.8) is 0 Å². The van der Waals surface area contributed by atoms with Crippen LogP contribution in [-0.4, -0.2) is 24.3 Å². The van der Waals surface area contributed by atoms with Gasteiger partial charge in [-0.1, -0.05) is 6.07 Å². The lowest BCUT2D eigenvalue weighted by Crippen LogP contribution is -1.97. The van der Waals surface area contributed by atoms with Crippen LogP contribution in [0.15, 0.2) is 42.6 Å². The third kappa shape index (κ3) is 2.75. The number of hydrogen-bond acceptors (Lipinski definition) is 6. The van der Waals surface area contributed by atoms with Crippen LogP contribution in [0.3, 0.4) is 0 Å². The maximum atomic E-state index is 10.1. The van der Waals surface area contributed by atoms with E-state index >= 15 is 0 Å². The first-order chi connectivity index (χ1) is 11.7. The van der Waals surface area contributed by atoms with Crippen LogP contribution in [0.2, 0.25) is 0 Å². The molecule has 0 unspecified atom stereocenters. The topological polar surface area (TPSA) is 87.4 Å². The zero-order chi connectivity index (χ0) is 17.1. The standard InChI is InChI=1S/C18H15N3O3/c1-23-13-5-3-4-12(6-13)21-18-11(9-19)10-20-15-8-17(24-2)16(22)7-14(15)18/h3-8,10,22H,1-2H3,(H,20,21). The molecule has 0 radical (unpaired) electrons. The Hall–Kier alpha value is -3.46. The first kappa shape index (κ1) is 15.4. The molecule has 0 saturated carbocycles. The Morgan fingerprint density at radius 2 is 2.00 bits per heavy atom. The Morgan fingerprint density at radius 1 is 1.17 bits per heavy atom. The zero-order valence-corrected chi connectivity index (χ0v) is 13.2. The van der Waals surface area contributed by atoms with Gasteiger partial charge in [-0.15, -0.1) is 0 Å². The van der Waals surface area contributed by atoms with E-state index < -0.39 is 0 Å². The van der Waals surface area contributed by atoms with Crippen LogP contribution in [-0.2, 0) is 0 Å². The maximum absolute atomic E-state index is 10.1. The molecule has 2 aromatic carbocycles. The summed E-state index contributed by atoms with van der Waals surface area (Å²) in [5.41, 5.74) is 2.30. The summed E-state index contributed by atoms with van der Waals surface area (Å²) in [4.78, 5) is 4.26. The highest BCUT2D eigenvalue weighted by atomic mass is 16.5. The van der Waals surface area contributed by atoms with Gasteiger partial charge < -0.3 is 19.9 Å². The Labute approximate surface area is 138 Å². The minimum Gasteiger partial charge on any atom is -0.504 e. The molecule has 120 valence electrons. The number of nitrogens with zero attached hydrogens (tertiary/aromatic N) is 2. The van der Waals surface area contributed by atoms with Crippen molar-refractivity contribution < 1.29 is 14.6 Å². The molecule has 0 bridgehead atoms. The molecule has 0 aliphatic heterocycles. The van der Waals surface area contributed by atoms with Crippen molar-refractivity contribution in [1.29, 1.82) is 5.26 Å². The molecule has 3 rings (SSSR count). The van der Waals surface area contributed by atoms with Gasteiger partial charge in [0.25, 0.3) is 0 Å². The lowest BCUT2D eigenvalue weighted by molar-refractivity contribution is 0.374. The molecule has 2 N–H and O–H groups in total. The number of phenols is 1. The van der Waals surface area contributed by atoms with Crippen LogP contribution in [0.5, 0.6) is 17.2 Å². The summed E-state index contributed by atoms with van der Waals surface area (Å²) in [6.07, 6.45) is 1.49. The summed E-state index contributed by atoms with van der Waals surface area (Å²) < 4.78 is 10.3. The third-order valence-electron chi connectivity index (χ3n) is 3.63. The molecule has 1 heterocycles. The van der Waals surface area contributed by atoms with Gasteiger partial charge in [0.15, 0.2) is 11.5 Å². The molecule has 3 aromatic rings. The number of methoxy groups -OCH3 is 2. The van der Waals surface area contributed by atoms with E-state index in [2.05, 4.69) is 16.4 Å². The number of hydrogen-bond donors (Lipinski definition) is 2. The van der Waals surface area contributed by atoms with Gasteiger partial charge in [0, 0.05) is 29.4 Å². The molecule has 1 aromatic heterocycles. The van der Waals surface area contributed by atoms with Crippen molar-refractivity contribution in [3.8, 4) is 23.3 Å². The lowest BCUT2D eigenvalue weighted by Gasteiger charge is -2.13. The normalized spacial score (nSPS) is 10.2. The molecule has 0 saturated heterocycles. The number of pyridine rings is 1. The van der Waals surface area contributed by atoms with E-state index in [9.17, 15) is 10.4 Å². The van der Waals surface area contributed by atoms with E-state index in [4.69, 9.17) is 9.47 Å². The quantitative estimate of drug-likeness (QED) is 0.764. The Balaban J connectivity index is 2.17. The molecular formula is C18H15N3O3. The largest absolute Gasteiger partial charge is 0.504 e. The first-order valence-corrected chi connectivity index (χ1v) is 7.17. The van der Waals surface area contributed by atoms with Crippen LogP contribution in [0.1, 0.15) is 5.56 Å². The van der Waals surface area contributed by atoms with E-state index in [0.29, 0.717) is 33.7 Å². The monoisotopic (exact) mass is 321 g/mol. The fraction of sp³-hybridized carbons (Fsp3) is 0.111. The van der Waals surface area contributed by atoms with Crippen molar-refractivity contribution >= 4 is 22.3 Å². The third-order valence-corrected chi connectivity index (χ3v) is 3.63. The second-order valence-corrected chi connectivity index (χ2v) is 5.06. The van der Waals surface area contributed by atoms with Crippen molar-refractivity contribution in [3.05, 3.63) is 48.2 Å². The summed E-state index contributed by atoms with van der Waals surface area (Å²) in [7, 11) is 3.06. The van der Waals surface area contributed by atoms with Gasteiger partial charge >= 0.3 is 0 Å². The molecule has 0 amide bonds. The number of benzene rings is 2. The second-order valence-electron chi connectivity index (χ2n) is 5.06. The Morgan fingerprint density at radius 3 is 2.71 bits per heavy atom. The van der Waals surface area contributed by atoms with Gasteiger partial charge in [-0.25, -0.2) is 0 Å². The molecule has 0 aliphatic rings. The van der Waals surface area contributed by atoms with E-state index in [1.165, 1.54) is 19.4 Å². The number of aromatic hydroxyl groups is 1. The number of nitriles is 1. The molecule has 6 heteroatoms. The van der Waals surface area contributed by atoms with Crippen LogP contribution in [0.4, 0.5) is 11.4 Å². The molecular weight excluding hydrogens is 306 g/mol. The molecule has 0 fully saturated rings. The average Bonchev–Trinajstić information content (AvgIpc) is 2.62. The summed E-state index contributed by atoms with van der Waals surface area (Å²) in [6.45, 7) is 0. The zero-order valence-electron chi connectivity index (χ0n) is 13.2. The number of nitrogens with one attached hydrogen (secondary N) is 1. The van der Waals surface area contributed by atoms with Gasteiger partial charge in [-0.2, -0.15) is 5.26 Å². The minimum atomic E-state index is -0.0180. The number of rotatable bonds is 4. The smallest absolute Gasteiger partial charge is 0.162 e. The van der Waals surface area contributed by atoms with Crippen LogP contribution in [0.25, 0.3) is 10.9 Å². The fourth-order valence-corrected chi connectivity index (χ4v) is 2.44. The van der Waals surface area contributed by atoms with Gasteiger partial charge in [-0.3, -0.25) is 4.98 Å². The lowest BCUT2D eigenvalue weighted by atomic mass is 10.1. The minimum absolute atomic E-state index is 0.0180. The SMILES string of the molecule is COc1cccc(Nc2c(C#N)cnc3cc(OC)c(O)cc23)c1. The highest BCUT2D eigenvalue weighted by molar-refractivity contribution is 5.97. The van der Waals surface area contributed by atoms with E-state index in [1.807, 2.05) is 24.3 Å². The molecule has 0 atom stereocenters. The Kier molecular flexibility index (Phi) is 4.08. The summed E-state index contributed by atoms with van der Waals surface area (Å²) in [5, 5.41) is 23.3. The summed E-state index contributed by atoms with van der Waals surface area (Å²) >= 11 is 0. The first-order valence-electron chi connectivity index (χ1n) is 7.17. The fourth-order valence-electron chi connectivity index (χ4n) is 2.44. The van der Waals surface area contributed by atoms with E-state index in [0.717, 1.165) is 5.69 Å². The van der Waals surface area contributed by atoms with Gasteiger partial charge in [-0.05, 0) is 18.2 Å². The van der Waals surface area contributed by atoms with Crippen molar-refractivity contribution in [2.24, 2.45) is 0 Å². The number of aromatic nitrogens is 1. The summed E-state index contributed by atoms with van der Waals surface area (Å²) in [5.74, 6) is 1.00. The summed E-state index contributed by atoms with van der Waals surface area (Å²) in [6, 6.07) is 12.6. The van der Waals surface area contributed by atoms with E-state index in [1.54, 1.807) is 13.2 Å². The molecule has 0 spiro atoms. The average molecular weight is 321 g/mol. The van der Waals surface area contributed by atoms with E-state index in [-0.39, 0.29) is 5.75 Å². The number of fused-ring (bicyclic) bond motifs is 1. The number of ether oxygens (including phenoxy) is 2. The van der Waals surface area contributed by atoms with Crippen molar-refractivity contribution in [2.45, 2.75) is 0 Å². The van der Waals surface area contributed by atoms with Crippen LogP contribution < -0.4 is 14.8 Å². The Bertz CT molecular complexity index is 948. The van der Waals surface area contributed by atoms with Gasteiger partial charge in [0.2, 0.25) is 0 Å². The molecule has 24 heavy (non-hydrogen) atoms.